The molecule has 2 heteroatoms. The Labute approximate surface area is 360 Å². The molecular formula is C60H39NO. The van der Waals surface area contributed by atoms with Crippen LogP contribution in [0.1, 0.15) is 0 Å². The van der Waals surface area contributed by atoms with Gasteiger partial charge in [-0.25, -0.2) is 0 Å². The molecule has 0 aliphatic rings. The van der Waals surface area contributed by atoms with E-state index >= 15 is 0 Å². The molecule has 12 aromatic rings. The second-order valence-corrected chi connectivity index (χ2v) is 16.1. The van der Waals surface area contributed by atoms with Gasteiger partial charge in [0.2, 0.25) is 0 Å². The first kappa shape index (κ1) is 35.7. The van der Waals surface area contributed by atoms with Gasteiger partial charge in [0.15, 0.2) is 0 Å². The molecule has 0 saturated carbocycles. The summed E-state index contributed by atoms with van der Waals surface area (Å²) in [7, 11) is 0. The van der Waals surface area contributed by atoms with Gasteiger partial charge in [0.25, 0.3) is 0 Å². The van der Waals surface area contributed by atoms with Crippen molar-refractivity contribution in [1.29, 1.82) is 0 Å². The zero-order valence-corrected chi connectivity index (χ0v) is 33.9. The summed E-state index contributed by atoms with van der Waals surface area (Å²) in [6.45, 7) is 0. The molecule has 2 nitrogen and oxygen atoms in total. The minimum absolute atomic E-state index is 0.913. The van der Waals surface area contributed by atoms with Crippen molar-refractivity contribution < 1.29 is 4.42 Å². The van der Waals surface area contributed by atoms with Crippen LogP contribution in [0.25, 0.3) is 98.8 Å². The fraction of sp³-hybridized carbons (Fsp3) is 0. The molecule has 0 amide bonds. The molecule has 1 heterocycles. The summed E-state index contributed by atoms with van der Waals surface area (Å²) in [5.41, 5.74) is 14.5. The SMILES string of the molecule is c1ccc(-c2cc(-c3ccc(N(c4ccc(-c5ccc(-c6cccc7c6oc6ccccc67)cc5)cc4)c4cc5ccccc5c5ccccc45)cc3)cc3ccccc23)cc1. The van der Waals surface area contributed by atoms with Crippen LogP contribution in [-0.2, 0) is 0 Å². The fourth-order valence-corrected chi connectivity index (χ4v) is 9.40. The lowest BCUT2D eigenvalue weighted by atomic mass is 9.93. The van der Waals surface area contributed by atoms with Gasteiger partial charge in [-0.1, -0.05) is 188 Å². The standard InChI is InChI=1S/C60H39NO/c1-2-13-43(14-3-1)57-38-47(37-45-15-4-7-18-51(45)57)42-31-35-49(36-32-42)61(58-39-46-16-5-6-17-50(46)53-19-8-9-20-54(53)58)48-33-29-41(30-34-48)40-25-27-44(28-26-40)52-22-12-23-56-55-21-10-11-24-59(55)62-60(52)56/h1-39H. The number of hydrogen-bond donors (Lipinski definition) is 0. The van der Waals surface area contributed by atoms with Crippen LogP contribution in [0.15, 0.2) is 241 Å². The Balaban J connectivity index is 0.942. The van der Waals surface area contributed by atoms with Crippen LogP contribution >= 0.6 is 0 Å². The highest BCUT2D eigenvalue weighted by Crippen LogP contribution is 2.44. The number of anilines is 3. The molecule has 62 heavy (non-hydrogen) atoms. The molecular weight excluding hydrogens is 751 g/mol. The fourth-order valence-electron chi connectivity index (χ4n) is 9.40. The first-order chi connectivity index (χ1) is 30.7. The van der Waals surface area contributed by atoms with Gasteiger partial charge in [-0.05, 0) is 114 Å². The highest BCUT2D eigenvalue weighted by molar-refractivity contribution is 6.15. The quantitative estimate of drug-likeness (QED) is 0.150. The number of benzene rings is 11. The number of furan rings is 1. The molecule has 0 saturated heterocycles. The van der Waals surface area contributed by atoms with Gasteiger partial charge < -0.3 is 9.32 Å². The van der Waals surface area contributed by atoms with Crippen molar-refractivity contribution in [2.75, 3.05) is 4.90 Å². The molecule has 0 fully saturated rings. The molecule has 0 aliphatic carbocycles. The van der Waals surface area contributed by atoms with Crippen molar-refractivity contribution in [3.8, 4) is 44.5 Å². The predicted octanol–water partition coefficient (Wildman–Crippen LogP) is 17.2. The van der Waals surface area contributed by atoms with E-state index in [4.69, 9.17) is 4.42 Å². The summed E-state index contributed by atoms with van der Waals surface area (Å²) in [5, 5.41) is 9.68. The number of nitrogens with zero attached hydrogens (tertiary/aromatic N) is 1. The van der Waals surface area contributed by atoms with Crippen molar-refractivity contribution in [2.24, 2.45) is 0 Å². The van der Waals surface area contributed by atoms with E-state index in [1.807, 2.05) is 12.1 Å². The van der Waals surface area contributed by atoms with Crippen LogP contribution in [0.5, 0.6) is 0 Å². The minimum atomic E-state index is 0.913. The summed E-state index contributed by atoms with van der Waals surface area (Å²) >= 11 is 0. The smallest absolute Gasteiger partial charge is 0.143 e. The molecule has 0 radical (unpaired) electrons. The second kappa shape index (κ2) is 14.8. The summed E-state index contributed by atoms with van der Waals surface area (Å²) in [6, 6.07) is 85.5. The summed E-state index contributed by atoms with van der Waals surface area (Å²) < 4.78 is 6.37. The molecule has 290 valence electrons. The van der Waals surface area contributed by atoms with Crippen molar-refractivity contribution >= 4 is 71.3 Å². The zero-order chi connectivity index (χ0) is 41.0. The van der Waals surface area contributed by atoms with Crippen molar-refractivity contribution in [2.45, 2.75) is 0 Å². The van der Waals surface area contributed by atoms with E-state index in [-0.39, 0.29) is 0 Å². The maximum Gasteiger partial charge on any atom is 0.143 e. The van der Waals surface area contributed by atoms with Crippen LogP contribution in [0.4, 0.5) is 17.1 Å². The van der Waals surface area contributed by atoms with E-state index in [1.165, 1.54) is 54.6 Å². The lowest BCUT2D eigenvalue weighted by Gasteiger charge is -2.28. The van der Waals surface area contributed by atoms with Crippen LogP contribution in [0, 0.1) is 0 Å². The van der Waals surface area contributed by atoms with E-state index in [0.29, 0.717) is 0 Å². The lowest BCUT2D eigenvalue weighted by Crippen LogP contribution is -2.10. The first-order valence-corrected chi connectivity index (χ1v) is 21.2. The van der Waals surface area contributed by atoms with Gasteiger partial charge in [0, 0.05) is 33.1 Å². The highest BCUT2D eigenvalue weighted by atomic mass is 16.3. The van der Waals surface area contributed by atoms with Gasteiger partial charge in [-0.3, -0.25) is 0 Å². The molecule has 0 spiro atoms. The third-order valence-corrected chi connectivity index (χ3v) is 12.5. The number of fused-ring (bicyclic) bond motifs is 7. The molecule has 0 N–H and O–H groups in total. The van der Waals surface area contributed by atoms with E-state index < -0.39 is 0 Å². The summed E-state index contributed by atoms with van der Waals surface area (Å²) in [6.07, 6.45) is 0. The Bertz CT molecular complexity index is 3600. The highest BCUT2D eigenvalue weighted by Gasteiger charge is 2.19. The van der Waals surface area contributed by atoms with Gasteiger partial charge in [-0.15, -0.1) is 0 Å². The molecule has 12 rings (SSSR count). The van der Waals surface area contributed by atoms with E-state index in [9.17, 15) is 0 Å². The van der Waals surface area contributed by atoms with Gasteiger partial charge >= 0.3 is 0 Å². The van der Waals surface area contributed by atoms with Crippen LogP contribution in [0.2, 0.25) is 0 Å². The van der Waals surface area contributed by atoms with Gasteiger partial charge in [-0.2, -0.15) is 0 Å². The van der Waals surface area contributed by atoms with Gasteiger partial charge in [0.1, 0.15) is 11.2 Å². The third kappa shape index (κ3) is 6.12. The summed E-state index contributed by atoms with van der Waals surface area (Å²) in [4.78, 5) is 2.41. The number of rotatable bonds is 7. The average Bonchev–Trinajstić information content (AvgIpc) is 3.74. The Morgan fingerprint density at radius 1 is 0.274 bits per heavy atom. The molecule has 0 aliphatic heterocycles. The normalized spacial score (nSPS) is 11.5. The zero-order valence-electron chi connectivity index (χ0n) is 33.9. The Morgan fingerprint density at radius 2 is 0.774 bits per heavy atom. The van der Waals surface area contributed by atoms with Crippen LogP contribution in [-0.4, -0.2) is 0 Å². The topological polar surface area (TPSA) is 16.4 Å². The maximum absolute atomic E-state index is 6.37. The molecule has 0 unspecified atom stereocenters. The van der Waals surface area contributed by atoms with Gasteiger partial charge in [0.05, 0.1) is 5.69 Å². The largest absolute Gasteiger partial charge is 0.455 e. The van der Waals surface area contributed by atoms with Crippen molar-refractivity contribution in [1.82, 2.24) is 0 Å². The predicted molar refractivity (Wildman–Crippen MR) is 263 cm³/mol. The molecule has 0 bridgehead atoms. The Kier molecular flexibility index (Phi) is 8.53. The second-order valence-electron chi connectivity index (χ2n) is 16.1. The number of para-hydroxylation sites is 2. The monoisotopic (exact) mass is 789 g/mol. The average molecular weight is 790 g/mol. The lowest BCUT2D eigenvalue weighted by molar-refractivity contribution is 0.670. The first-order valence-electron chi connectivity index (χ1n) is 21.2. The van der Waals surface area contributed by atoms with Crippen molar-refractivity contribution in [3.63, 3.8) is 0 Å². The molecule has 11 aromatic carbocycles. The third-order valence-electron chi connectivity index (χ3n) is 12.5. The van der Waals surface area contributed by atoms with E-state index in [0.717, 1.165) is 61.3 Å². The molecule has 1 aromatic heterocycles. The van der Waals surface area contributed by atoms with Crippen LogP contribution in [0.3, 0.4) is 0 Å². The Hall–Kier alpha value is -8.20. The van der Waals surface area contributed by atoms with Crippen LogP contribution < -0.4 is 4.90 Å². The summed E-state index contributed by atoms with van der Waals surface area (Å²) in [5.74, 6) is 0. The van der Waals surface area contributed by atoms with E-state index in [1.54, 1.807) is 0 Å². The van der Waals surface area contributed by atoms with Crippen molar-refractivity contribution in [3.05, 3.63) is 237 Å². The molecule has 0 atom stereocenters. The number of hydrogen-bond acceptors (Lipinski definition) is 2. The van der Waals surface area contributed by atoms with E-state index in [2.05, 4.69) is 229 Å². The maximum atomic E-state index is 6.37. The Morgan fingerprint density at radius 3 is 1.48 bits per heavy atom. The minimum Gasteiger partial charge on any atom is -0.455 e.